The third-order valence-corrected chi connectivity index (χ3v) is 4.68. The Morgan fingerprint density at radius 2 is 1.66 bits per heavy atom. The number of carbonyl (C=O) groups is 1. The van der Waals surface area contributed by atoms with Crippen LogP contribution in [0.5, 0.6) is 0 Å². The van der Waals surface area contributed by atoms with E-state index in [1.807, 2.05) is 24.3 Å². The minimum atomic E-state index is -0.299. The lowest BCUT2D eigenvalue weighted by Gasteiger charge is -2.09. The molecule has 4 aromatic rings. The van der Waals surface area contributed by atoms with Gasteiger partial charge in [-0.05, 0) is 72.6 Å². The number of rotatable bonds is 5. The summed E-state index contributed by atoms with van der Waals surface area (Å²) in [4.78, 5) is 12.5. The Labute approximate surface area is 167 Å². The molecule has 0 atom stereocenters. The number of hydrogen-bond donors (Lipinski definition) is 1. The lowest BCUT2D eigenvalue weighted by atomic mass is 10.1. The topological polar surface area (TPSA) is 59.8 Å². The summed E-state index contributed by atoms with van der Waals surface area (Å²) >= 11 is 0. The number of nitrogens with one attached hydrogen (secondary N) is 1. The predicted molar refractivity (Wildman–Crippen MR) is 111 cm³/mol. The number of anilines is 1. The Balaban J connectivity index is 1.53. The second-order valence-electron chi connectivity index (χ2n) is 6.59. The number of aryl methyl sites for hydroxylation is 1. The molecule has 0 aliphatic carbocycles. The standard InChI is InChI=1S/C23H19FN4O/c1-2-16-3-11-20(12-4-16)26-23(29)18-7-13-21(14-8-18)28-22(15-25-27-28)17-5-9-19(24)10-6-17/h3-15H,2H2,1H3,(H,26,29). The molecule has 0 aliphatic heterocycles. The highest BCUT2D eigenvalue weighted by molar-refractivity contribution is 6.04. The molecule has 0 fully saturated rings. The summed E-state index contributed by atoms with van der Waals surface area (Å²) in [5, 5.41) is 11.0. The van der Waals surface area contributed by atoms with E-state index in [0.29, 0.717) is 5.56 Å². The normalized spacial score (nSPS) is 10.7. The minimum absolute atomic E-state index is 0.182. The lowest BCUT2D eigenvalue weighted by molar-refractivity contribution is 0.102. The number of halogens is 1. The van der Waals surface area contributed by atoms with Gasteiger partial charge in [-0.2, -0.15) is 0 Å². The third kappa shape index (κ3) is 4.06. The van der Waals surface area contributed by atoms with E-state index in [-0.39, 0.29) is 11.7 Å². The summed E-state index contributed by atoms with van der Waals surface area (Å²) in [6.07, 6.45) is 2.58. The zero-order valence-electron chi connectivity index (χ0n) is 15.8. The average Bonchev–Trinajstić information content (AvgIpc) is 3.25. The second-order valence-corrected chi connectivity index (χ2v) is 6.59. The molecule has 0 saturated carbocycles. The van der Waals surface area contributed by atoms with Gasteiger partial charge in [0.05, 0.1) is 17.6 Å². The molecule has 5 nitrogen and oxygen atoms in total. The van der Waals surface area contributed by atoms with Crippen LogP contribution in [-0.4, -0.2) is 20.9 Å². The third-order valence-electron chi connectivity index (χ3n) is 4.68. The molecule has 1 heterocycles. The summed E-state index contributed by atoms with van der Waals surface area (Å²) in [6, 6.07) is 21.0. The van der Waals surface area contributed by atoms with E-state index in [9.17, 15) is 9.18 Å². The van der Waals surface area contributed by atoms with Crippen LogP contribution >= 0.6 is 0 Å². The summed E-state index contributed by atoms with van der Waals surface area (Å²) in [7, 11) is 0. The number of amides is 1. The molecule has 1 aromatic heterocycles. The molecular formula is C23H19FN4O. The molecule has 1 N–H and O–H groups in total. The van der Waals surface area contributed by atoms with Gasteiger partial charge in [0, 0.05) is 16.8 Å². The molecule has 3 aromatic carbocycles. The van der Waals surface area contributed by atoms with Gasteiger partial charge in [0.25, 0.3) is 5.91 Å². The first-order valence-electron chi connectivity index (χ1n) is 9.31. The summed E-state index contributed by atoms with van der Waals surface area (Å²) < 4.78 is 14.8. The molecule has 0 aliphatic rings. The second kappa shape index (κ2) is 8.06. The first kappa shape index (κ1) is 18.6. The van der Waals surface area contributed by atoms with Crippen LogP contribution in [0.2, 0.25) is 0 Å². The highest BCUT2D eigenvalue weighted by Crippen LogP contribution is 2.22. The highest BCUT2D eigenvalue weighted by atomic mass is 19.1. The maximum Gasteiger partial charge on any atom is 0.255 e. The van der Waals surface area contributed by atoms with Crippen molar-refractivity contribution < 1.29 is 9.18 Å². The molecule has 0 saturated heterocycles. The number of nitrogens with zero attached hydrogens (tertiary/aromatic N) is 3. The lowest BCUT2D eigenvalue weighted by Crippen LogP contribution is -2.12. The van der Waals surface area contributed by atoms with Crippen LogP contribution in [0.25, 0.3) is 16.9 Å². The SMILES string of the molecule is CCc1ccc(NC(=O)c2ccc(-n3nncc3-c3ccc(F)cc3)cc2)cc1. The van der Waals surface area contributed by atoms with Gasteiger partial charge in [-0.25, -0.2) is 9.07 Å². The molecule has 1 amide bonds. The molecular weight excluding hydrogens is 367 g/mol. The Hall–Kier alpha value is -3.80. The van der Waals surface area contributed by atoms with Crippen LogP contribution in [0.1, 0.15) is 22.8 Å². The van der Waals surface area contributed by atoms with Crippen molar-refractivity contribution in [1.29, 1.82) is 0 Å². The fourth-order valence-corrected chi connectivity index (χ4v) is 3.02. The van der Waals surface area contributed by atoms with E-state index in [0.717, 1.165) is 29.1 Å². The van der Waals surface area contributed by atoms with Gasteiger partial charge in [-0.1, -0.05) is 24.3 Å². The van der Waals surface area contributed by atoms with E-state index in [4.69, 9.17) is 0 Å². The fourth-order valence-electron chi connectivity index (χ4n) is 3.02. The van der Waals surface area contributed by atoms with Crippen LogP contribution in [0.3, 0.4) is 0 Å². The molecule has 0 bridgehead atoms. The van der Waals surface area contributed by atoms with Crippen LogP contribution < -0.4 is 5.32 Å². The van der Waals surface area contributed by atoms with Gasteiger partial charge < -0.3 is 5.32 Å². The maximum atomic E-state index is 13.2. The van der Waals surface area contributed by atoms with Crippen molar-refractivity contribution >= 4 is 11.6 Å². The van der Waals surface area contributed by atoms with Gasteiger partial charge >= 0.3 is 0 Å². The maximum absolute atomic E-state index is 13.2. The van der Waals surface area contributed by atoms with Crippen LogP contribution in [-0.2, 0) is 6.42 Å². The van der Waals surface area contributed by atoms with E-state index in [2.05, 4.69) is 22.6 Å². The Bertz CT molecular complexity index is 1120. The van der Waals surface area contributed by atoms with Crippen molar-refractivity contribution in [3.63, 3.8) is 0 Å². The zero-order chi connectivity index (χ0) is 20.2. The van der Waals surface area contributed by atoms with E-state index in [1.54, 1.807) is 47.3 Å². The van der Waals surface area contributed by atoms with Crippen molar-refractivity contribution in [1.82, 2.24) is 15.0 Å². The monoisotopic (exact) mass is 386 g/mol. The molecule has 0 spiro atoms. The fraction of sp³-hybridized carbons (Fsp3) is 0.0870. The smallest absolute Gasteiger partial charge is 0.255 e. The van der Waals surface area contributed by atoms with Crippen LogP contribution in [0, 0.1) is 5.82 Å². The van der Waals surface area contributed by atoms with Gasteiger partial charge in [0.15, 0.2) is 0 Å². The number of benzene rings is 3. The van der Waals surface area contributed by atoms with E-state index in [1.165, 1.54) is 17.7 Å². The van der Waals surface area contributed by atoms with E-state index >= 15 is 0 Å². The Kier molecular flexibility index (Phi) is 5.16. The number of hydrogen-bond acceptors (Lipinski definition) is 3. The first-order chi connectivity index (χ1) is 14.1. The number of aromatic nitrogens is 3. The minimum Gasteiger partial charge on any atom is -0.322 e. The Morgan fingerprint density at radius 3 is 2.31 bits per heavy atom. The van der Waals surface area contributed by atoms with Crippen LogP contribution in [0.15, 0.2) is 79.0 Å². The Morgan fingerprint density at radius 1 is 0.966 bits per heavy atom. The van der Waals surface area contributed by atoms with Gasteiger partial charge in [-0.15, -0.1) is 5.10 Å². The van der Waals surface area contributed by atoms with Gasteiger partial charge in [0.1, 0.15) is 5.82 Å². The quantitative estimate of drug-likeness (QED) is 0.531. The van der Waals surface area contributed by atoms with E-state index < -0.39 is 0 Å². The van der Waals surface area contributed by atoms with Gasteiger partial charge in [0.2, 0.25) is 0 Å². The highest BCUT2D eigenvalue weighted by Gasteiger charge is 2.11. The molecule has 4 rings (SSSR count). The summed E-state index contributed by atoms with van der Waals surface area (Å²) in [5.74, 6) is -0.481. The predicted octanol–water partition coefficient (Wildman–Crippen LogP) is 4.89. The van der Waals surface area contributed by atoms with Crippen LogP contribution in [0.4, 0.5) is 10.1 Å². The average molecular weight is 386 g/mol. The summed E-state index contributed by atoms with van der Waals surface area (Å²) in [6.45, 7) is 2.09. The first-order valence-corrected chi connectivity index (χ1v) is 9.31. The molecule has 144 valence electrons. The van der Waals surface area contributed by atoms with Crippen molar-refractivity contribution in [3.05, 3.63) is 95.9 Å². The number of carbonyl (C=O) groups excluding carboxylic acids is 1. The molecule has 0 unspecified atom stereocenters. The van der Waals surface area contributed by atoms with Gasteiger partial charge in [-0.3, -0.25) is 4.79 Å². The zero-order valence-corrected chi connectivity index (χ0v) is 15.8. The van der Waals surface area contributed by atoms with Crippen molar-refractivity contribution in [2.75, 3.05) is 5.32 Å². The van der Waals surface area contributed by atoms with Crippen molar-refractivity contribution in [3.8, 4) is 16.9 Å². The molecule has 29 heavy (non-hydrogen) atoms. The molecule has 0 radical (unpaired) electrons. The molecule has 6 heteroatoms. The largest absolute Gasteiger partial charge is 0.322 e. The summed E-state index contributed by atoms with van der Waals surface area (Å²) in [5.41, 5.74) is 4.80. The van der Waals surface area contributed by atoms with Crippen molar-refractivity contribution in [2.45, 2.75) is 13.3 Å². The van der Waals surface area contributed by atoms with Crippen molar-refractivity contribution in [2.24, 2.45) is 0 Å².